The summed E-state index contributed by atoms with van der Waals surface area (Å²) in [5.74, 6) is -1.25. The van der Waals surface area contributed by atoms with E-state index in [1.54, 1.807) is 6.92 Å². The number of ether oxygens (including phenoxy) is 1. The van der Waals surface area contributed by atoms with Crippen molar-refractivity contribution in [3.8, 4) is 0 Å². The molecule has 1 aliphatic heterocycles. The zero-order valence-corrected chi connectivity index (χ0v) is 12.1. The Balaban J connectivity index is 2.42. The van der Waals surface area contributed by atoms with Crippen LogP contribution in [0.2, 0.25) is 0 Å². The van der Waals surface area contributed by atoms with Gasteiger partial charge in [0.05, 0.1) is 12.2 Å². The summed E-state index contributed by atoms with van der Waals surface area (Å²) in [7, 11) is 0. The van der Waals surface area contributed by atoms with Gasteiger partial charge < -0.3 is 4.74 Å². The highest BCUT2D eigenvalue weighted by Gasteiger charge is 2.40. The Kier molecular flexibility index (Phi) is 4.39. The molecule has 0 radical (unpaired) electrons. The lowest BCUT2D eigenvalue weighted by molar-refractivity contribution is -0.144. The van der Waals surface area contributed by atoms with E-state index in [9.17, 15) is 22.8 Å². The molecule has 0 aliphatic carbocycles. The quantitative estimate of drug-likeness (QED) is 0.804. The Morgan fingerprint density at radius 1 is 1.45 bits per heavy atom. The van der Waals surface area contributed by atoms with E-state index in [4.69, 9.17) is 4.74 Å². The maximum atomic E-state index is 12.9. The third kappa shape index (κ3) is 3.20. The first-order chi connectivity index (χ1) is 10.2. The topological polar surface area (TPSA) is 59.5 Å². The molecule has 0 spiro atoms. The van der Waals surface area contributed by atoms with Gasteiger partial charge in [-0.25, -0.2) is 9.78 Å². The van der Waals surface area contributed by atoms with Crippen molar-refractivity contribution in [2.24, 2.45) is 0 Å². The normalized spacial score (nSPS) is 18.7. The standard InChI is InChI=1S/C14H15F3N2O3/c1-3-22-13(21)10-4-5-12(20)19(10)11-7-9(14(15,16)17)6-8(2)18-11/h6-7,10H,3-5H2,1-2H3. The second-order valence-corrected chi connectivity index (χ2v) is 4.92. The van der Waals surface area contributed by atoms with E-state index in [2.05, 4.69) is 4.98 Å². The van der Waals surface area contributed by atoms with Gasteiger partial charge in [-0.1, -0.05) is 0 Å². The molecule has 0 saturated carbocycles. The molecule has 1 aromatic heterocycles. The monoisotopic (exact) mass is 316 g/mol. The molecule has 1 fully saturated rings. The fourth-order valence-corrected chi connectivity index (χ4v) is 2.37. The summed E-state index contributed by atoms with van der Waals surface area (Å²) in [5.41, 5.74) is -0.788. The van der Waals surface area contributed by atoms with Gasteiger partial charge in [-0.15, -0.1) is 0 Å². The highest BCUT2D eigenvalue weighted by Crippen LogP contribution is 2.34. The predicted molar refractivity (Wildman–Crippen MR) is 71.1 cm³/mol. The van der Waals surface area contributed by atoms with Crippen molar-refractivity contribution < 1.29 is 27.5 Å². The van der Waals surface area contributed by atoms with E-state index >= 15 is 0 Å². The number of aryl methyl sites for hydroxylation is 1. The van der Waals surface area contributed by atoms with E-state index in [1.165, 1.54) is 6.92 Å². The van der Waals surface area contributed by atoms with E-state index in [0.29, 0.717) is 0 Å². The number of pyridine rings is 1. The van der Waals surface area contributed by atoms with Gasteiger partial charge in [0.2, 0.25) is 5.91 Å². The first-order valence-corrected chi connectivity index (χ1v) is 6.78. The second-order valence-electron chi connectivity index (χ2n) is 4.92. The van der Waals surface area contributed by atoms with Crippen LogP contribution in [0.5, 0.6) is 0 Å². The molecular weight excluding hydrogens is 301 g/mol. The molecule has 0 N–H and O–H groups in total. The maximum absolute atomic E-state index is 12.9. The first-order valence-electron chi connectivity index (χ1n) is 6.78. The third-order valence-electron chi connectivity index (χ3n) is 3.28. The van der Waals surface area contributed by atoms with Crippen molar-refractivity contribution in [1.82, 2.24) is 4.98 Å². The highest BCUT2D eigenvalue weighted by atomic mass is 19.4. The lowest BCUT2D eigenvalue weighted by atomic mass is 10.2. The smallest absolute Gasteiger partial charge is 0.416 e. The Morgan fingerprint density at radius 2 is 2.14 bits per heavy atom. The number of amides is 1. The number of aromatic nitrogens is 1. The van der Waals surface area contributed by atoms with Crippen molar-refractivity contribution >= 4 is 17.7 Å². The molecule has 0 bridgehead atoms. The van der Waals surface area contributed by atoms with Crippen molar-refractivity contribution in [2.45, 2.75) is 38.9 Å². The summed E-state index contributed by atoms with van der Waals surface area (Å²) in [4.78, 5) is 28.8. The Morgan fingerprint density at radius 3 is 2.73 bits per heavy atom. The van der Waals surface area contributed by atoms with E-state index in [1.807, 2.05) is 0 Å². The summed E-state index contributed by atoms with van der Waals surface area (Å²) in [6.07, 6.45) is -4.28. The number of alkyl halides is 3. The molecule has 1 aromatic rings. The van der Waals surface area contributed by atoms with E-state index in [-0.39, 0.29) is 31.0 Å². The highest BCUT2D eigenvalue weighted by molar-refractivity contribution is 6.01. The van der Waals surface area contributed by atoms with Gasteiger partial charge in [0.25, 0.3) is 0 Å². The lowest BCUT2D eigenvalue weighted by Gasteiger charge is -2.23. The van der Waals surface area contributed by atoms with Gasteiger partial charge in [0, 0.05) is 12.1 Å². The van der Waals surface area contributed by atoms with Crippen LogP contribution in [0.1, 0.15) is 31.0 Å². The van der Waals surface area contributed by atoms with Crippen LogP contribution in [-0.2, 0) is 20.5 Å². The number of hydrogen-bond acceptors (Lipinski definition) is 4. The Labute approximate surface area is 125 Å². The number of anilines is 1. The van der Waals surface area contributed by atoms with E-state index in [0.717, 1.165) is 17.0 Å². The SMILES string of the molecule is CCOC(=O)C1CCC(=O)N1c1cc(C(F)(F)F)cc(C)n1. The van der Waals surface area contributed by atoms with Crippen LogP contribution in [0.3, 0.4) is 0 Å². The van der Waals surface area contributed by atoms with Gasteiger partial charge in [-0.3, -0.25) is 9.69 Å². The maximum Gasteiger partial charge on any atom is 0.416 e. The second kappa shape index (κ2) is 5.94. The van der Waals surface area contributed by atoms with Crippen LogP contribution in [0.25, 0.3) is 0 Å². The number of halogens is 3. The fraction of sp³-hybridized carbons (Fsp3) is 0.500. The molecule has 0 aromatic carbocycles. The van der Waals surface area contributed by atoms with Crippen LogP contribution in [0.15, 0.2) is 12.1 Å². The largest absolute Gasteiger partial charge is 0.464 e. The van der Waals surface area contributed by atoms with Gasteiger partial charge in [-0.05, 0) is 32.4 Å². The van der Waals surface area contributed by atoms with Crippen LogP contribution < -0.4 is 4.90 Å². The summed E-state index contributed by atoms with van der Waals surface area (Å²) in [5, 5.41) is 0. The average molecular weight is 316 g/mol. The molecule has 1 amide bonds. The van der Waals surface area contributed by atoms with Gasteiger partial charge >= 0.3 is 12.1 Å². The molecule has 1 saturated heterocycles. The minimum atomic E-state index is -4.55. The Bertz CT molecular complexity index is 601. The van der Waals surface area contributed by atoms with E-state index < -0.39 is 29.7 Å². The minimum Gasteiger partial charge on any atom is -0.464 e. The molecule has 1 aliphatic rings. The van der Waals surface area contributed by atoms with Crippen LogP contribution in [0.4, 0.5) is 19.0 Å². The molecular formula is C14H15F3N2O3. The minimum absolute atomic E-state index is 0.0699. The first kappa shape index (κ1) is 16.3. The van der Waals surface area contributed by atoms with Gasteiger partial charge in [0.1, 0.15) is 11.9 Å². The van der Waals surface area contributed by atoms with Crippen LogP contribution >= 0.6 is 0 Å². The van der Waals surface area contributed by atoms with Crippen LogP contribution in [0, 0.1) is 6.92 Å². The number of rotatable bonds is 3. The fourth-order valence-electron chi connectivity index (χ4n) is 2.37. The number of carbonyl (C=O) groups excluding carboxylic acids is 2. The average Bonchev–Trinajstić information content (AvgIpc) is 2.79. The van der Waals surface area contributed by atoms with Crippen molar-refractivity contribution in [3.05, 3.63) is 23.4 Å². The molecule has 1 unspecified atom stereocenters. The molecule has 22 heavy (non-hydrogen) atoms. The zero-order chi connectivity index (χ0) is 16.5. The number of nitrogens with zero attached hydrogens (tertiary/aromatic N) is 2. The van der Waals surface area contributed by atoms with Crippen molar-refractivity contribution in [2.75, 3.05) is 11.5 Å². The van der Waals surface area contributed by atoms with Gasteiger partial charge in [0.15, 0.2) is 0 Å². The van der Waals surface area contributed by atoms with Crippen LogP contribution in [-0.4, -0.2) is 29.5 Å². The molecule has 8 heteroatoms. The summed E-state index contributed by atoms with van der Waals surface area (Å²) < 4.78 is 43.5. The summed E-state index contributed by atoms with van der Waals surface area (Å²) >= 11 is 0. The lowest BCUT2D eigenvalue weighted by Crippen LogP contribution is -2.40. The molecule has 5 nitrogen and oxygen atoms in total. The number of esters is 1. The van der Waals surface area contributed by atoms with Crippen molar-refractivity contribution in [3.63, 3.8) is 0 Å². The summed E-state index contributed by atoms with van der Waals surface area (Å²) in [6, 6.07) is 0.745. The zero-order valence-electron chi connectivity index (χ0n) is 12.1. The molecule has 2 heterocycles. The predicted octanol–water partition coefficient (Wildman–Crippen LogP) is 2.47. The van der Waals surface area contributed by atoms with Crippen molar-refractivity contribution in [1.29, 1.82) is 0 Å². The van der Waals surface area contributed by atoms with Gasteiger partial charge in [-0.2, -0.15) is 13.2 Å². The number of hydrogen-bond donors (Lipinski definition) is 0. The molecule has 2 rings (SSSR count). The third-order valence-corrected chi connectivity index (χ3v) is 3.28. The summed E-state index contributed by atoms with van der Waals surface area (Å²) in [6.45, 7) is 3.15. The Hall–Kier alpha value is -2.12. The molecule has 1 atom stereocenters. The molecule has 120 valence electrons. The number of carbonyl (C=O) groups is 2.